The van der Waals surface area contributed by atoms with Crippen LogP contribution in [0.2, 0.25) is 0 Å². The van der Waals surface area contributed by atoms with Crippen molar-refractivity contribution in [3.05, 3.63) is 0 Å². The van der Waals surface area contributed by atoms with E-state index in [2.05, 4.69) is 16.4 Å². The summed E-state index contributed by atoms with van der Waals surface area (Å²) < 4.78 is 0. The smallest absolute Gasteiger partial charge is 0.314 e. The van der Waals surface area contributed by atoms with Crippen LogP contribution in [0.15, 0.2) is 0 Å². The zero-order valence-electron chi connectivity index (χ0n) is 5.49. The van der Waals surface area contributed by atoms with E-state index in [4.69, 9.17) is 0 Å². The molecule has 0 aliphatic carbocycles. The lowest BCUT2D eigenvalue weighted by Crippen LogP contribution is -2.28. The van der Waals surface area contributed by atoms with E-state index in [-0.39, 0.29) is 6.03 Å². The lowest BCUT2D eigenvalue weighted by atomic mass is 11.0. The van der Waals surface area contributed by atoms with Gasteiger partial charge in [0.15, 0.2) is 0 Å². The first-order valence-corrected chi connectivity index (χ1v) is 2.28. The van der Waals surface area contributed by atoms with E-state index in [1.807, 2.05) is 0 Å². The minimum absolute atomic E-state index is 0.157. The van der Waals surface area contributed by atoms with Gasteiger partial charge >= 0.3 is 6.03 Å². The van der Waals surface area contributed by atoms with Crippen LogP contribution in [-0.2, 0) is 0 Å². The zero-order valence-corrected chi connectivity index (χ0v) is 5.49. The van der Waals surface area contributed by atoms with Gasteiger partial charge in [0, 0.05) is 14.1 Å². The molecule has 0 aromatic heterocycles. The van der Waals surface area contributed by atoms with Crippen molar-refractivity contribution >= 4 is 6.03 Å². The number of nitrogens with one attached hydrogen (secondary N) is 2. The van der Waals surface area contributed by atoms with Crippen molar-refractivity contribution < 1.29 is 4.79 Å². The maximum Gasteiger partial charge on any atom is 0.314 e. The van der Waals surface area contributed by atoms with E-state index in [9.17, 15) is 4.79 Å². The monoisotopic (exact) mass is 119 g/mol. The minimum atomic E-state index is -0.157. The van der Waals surface area contributed by atoms with E-state index in [1.54, 1.807) is 14.1 Å². The predicted molar refractivity (Wildman–Crippen MR) is 33.6 cm³/mol. The van der Waals surface area contributed by atoms with E-state index < -0.39 is 0 Å². The third kappa shape index (κ3) is 8.97. The van der Waals surface area contributed by atoms with E-state index in [0.29, 0.717) is 0 Å². The highest BCUT2D eigenvalue weighted by molar-refractivity contribution is 5.72. The first kappa shape index (κ1) is 10.3. The molecular weight excluding hydrogens is 106 g/mol. The highest BCUT2D eigenvalue weighted by Gasteiger charge is 1.81. The summed E-state index contributed by atoms with van der Waals surface area (Å²) in [6.45, 7) is 0. The molecule has 2 amide bonds. The summed E-state index contributed by atoms with van der Waals surface area (Å²) >= 11 is 0. The second kappa shape index (κ2) is 9.52. The first-order chi connectivity index (χ1) is 3.81. The van der Waals surface area contributed by atoms with E-state index >= 15 is 0 Å². The summed E-state index contributed by atoms with van der Waals surface area (Å²) in [4.78, 5) is 9.96. The Balaban J connectivity index is 0. The van der Waals surface area contributed by atoms with Gasteiger partial charge in [-0.25, -0.2) is 4.79 Å². The quantitative estimate of drug-likeness (QED) is 0.387. The molecular formula is C4H13N3O. The maximum absolute atomic E-state index is 9.96. The van der Waals surface area contributed by atoms with Crippen molar-refractivity contribution in [1.82, 2.24) is 10.6 Å². The highest BCUT2D eigenvalue weighted by Crippen LogP contribution is 1.48. The molecule has 0 bridgehead atoms. The summed E-state index contributed by atoms with van der Waals surface area (Å²) in [6, 6.07) is -0.157. The Morgan fingerprint density at radius 3 is 1.50 bits per heavy atom. The molecule has 0 saturated heterocycles. The Labute approximate surface area is 49.4 Å². The molecule has 0 saturated carbocycles. The Bertz CT molecular complexity index is 49.2. The summed E-state index contributed by atoms with van der Waals surface area (Å²) in [6.07, 6.45) is 0. The summed E-state index contributed by atoms with van der Waals surface area (Å²) in [5.41, 5.74) is 4.50. The van der Waals surface area contributed by atoms with Gasteiger partial charge in [-0.2, -0.15) is 0 Å². The average molecular weight is 119 g/mol. The van der Waals surface area contributed by atoms with Crippen molar-refractivity contribution in [2.45, 2.75) is 0 Å². The molecule has 0 aliphatic rings. The highest BCUT2D eigenvalue weighted by atomic mass is 16.2. The van der Waals surface area contributed by atoms with Gasteiger partial charge in [0.05, 0.1) is 0 Å². The largest absolute Gasteiger partial charge is 0.341 e. The Morgan fingerprint density at radius 1 is 1.25 bits per heavy atom. The number of amides is 2. The lowest BCUT2D eigenvalue weighted by Gasteiger charge is -1.91. The molecule has 0 aliphatic heterocycles. The molecule has 0 unspecified atom stereocenters. The molecule has 0 spiro atoms. The van der Waals surface area contributed by atoms with Gasteiger partial charge in [-0.15, -0.1) is 0 Å². The Hall–Kier alpha value is -0.770. The van der Waals surface area contributed by atoms with Gasteiger partial charge in [0.1, 0.15) is 0 Å². The summed E-state index contributed by atoms with van der Waals surface area (Å²) in [5, 5.41) is 4.73. The van der Waals surface area contributed by atoms with Gasteiger partial charge in [-0.1, -0.05) is 0 Å². The maximum atomic E-state index is 9.96. The number of carbonyl (C=O) groups is 1. The Morgan fingerprint density at radius 2 is 1.50 bits per heavy atom. The topological polar surface area (TPSA) is 67.1 Å². The number of urea groups is 1. The van der Waals surface area contributed by atoms with Crippen LogP contribution in [0.3, 0.4) is 0 Å². The van der Waals surface area contributed by atoms with Crippen LogP contribution >= 0.6 is 0 Å². The van der Waals surface area contributed by atoms with Crippen molar-refractivity contribution in [2.24, 2.45) is 5.73 Å². The van der Waals surface area contributed by atoms with Crippen LogP contribution in [0.4, 0.5) is 4.79 Å². The predicted octanol–water partition coefficient (Wildman–Crippen LogP) is -0.880. The normalized spacial score (nSPS) is 6.00. The van der Waals surface area contributed by atoms with Crippen LogP contribution in [0.25, 0.3) is 0 Å². The average Bonchev–Trinajstić information content (AvgIpc) is 1.91. The van der Waals surface area contributed by atoms with Crippen molar-refractivity contribution in [3.8, 4) is 0 Å². The standard InChI is InChI=1S/C3H8N2O.CH5N/c1-4-3(6)5-2;1-2/h1-2H3,(H2,4,5,6);2H2,1H3. The van der Waals surface area contributed by atoms with Gasteiger partial charge in [-0.05, 0) is 7.05 Å². The number of rotatable bonds is 0. The fourth-order valence-corrected chi connectivity index (χ4v) is 0.125. The van der Waals surface area contributed by atoms with Crippen molar-refractivity contribution in [3.63, 3.8) is 0 Å². The van der Waals surface area contributed by atoms with Crippen LogP contribution < -0.4 is 16.4 Å². The van der Waals surface area contributed by atoms with E-state index in [1.165, 1.54) is 7.05 Å². The van der Waals surface area contributed by atoms with Gasteiger partial charge < -0.3 is 16.4 Å². The molecule has 4 heteroatoms. The second-order valence-electron chi connectivity index (χ2n) is 0.829. The van der Waals surface area contributed by atoms with Crippen LogP contribution in [0.1, 0.15) is 0 Å². The first-order valence-electron chi connectivity index (χ1n) is 2.28. The second-order valence-corrected chi connectivity index (χ2v) is 0.829. The molecule has 0 heterocycles. The number of hydrogen-bond donors (Lipinski definition) is 3. The minimum Gasteiger partial charge on any atom is -0.341 e. The van der Waals surface area contributed by atoms with Crippen LogP contribution in [0, 0.1) is 0 Å². The van der Waals surface area contributed by atoms with E-state index in [0.717, 1.165) is 0 Å². The molecule has 0 aromatic carbocycles. The third-order valence-corrected chi connectivity index (χ3v) is 0.454. The number of nitrogens with two attached hydrogens (primary N) is 1. The van der Waals surface area contributed by atoms with Gasteiger partial charge in [-0.3, -0.25) is 0 Å². The van der Waals surface area contributed by atoms with Crippen LogP contribution in [-0.4, -0.2) is 27.2 Å². The molecule has 0 radical (unpaired) electrons. The fraction of sp³-hybridized carbons (Fsp3) is 0.750. The molecule has 50 valence electrons. The molecule has 0 fully saturated rings. The summed E-state index contributed by atoms with van der Waals surface area (Å²) in [7, 11) is 4.64. The lowest BCUT2D eigenvalue weighted by molar-refractivity contribution is 0.245. The zero-order chi connectivity index (χ0) is 6.99. The molecule has 4 N–H and O–H groups in total. The van der Waals surface area contributed by atoms with Crippen LogP contribution in [0.5, 0.6) is 0 Å². The molecule has 0 aromatic rings. The summed E-state index contributed by atoms with van der Waals surface area (Å²) in [5.74, 6) is 0. The van der Waals surface area contributed by atoms with Gasteiger partial charge in [0.25, 0.3) is 0 Å². The molecule has 0 rings (SSSR count). The molecule has 8 heavy (non-hydrogen) atoms. The van der Waals surface area contributed by atoms with Crippen molar-refractivity contribution in [1.29, 1.82) is 0 Å². The molecule has 0 atom stereocenters. The molecule has 4 nitrogen and oxygen atoms in total. The number of hydrogen-bond acceptors (Lipinski definition) is 2. The number of carbonyl (C=O) groups excluding carboxylic acids is 1. The Kier molecular flexibility index (Phi) is 12.2. The van der Waals surface area contributed by atoms with Crippen molar-refractivity contribution in [2.75, 3.05) is 21.1 Å². The SMILES string of the molecule is CN.CNC(=O)NC. The van der Waals surface area contributed by atoms with Gasteiger partial charge in [0.2, 0.25) is 0 Å². The third-order valence-electron chi connectivity index (χ3n) is 0.454. The fourth-order valence-electron chi connectivity index (χ4n) is 0.125.